The Morgan fingerprint density at radius 3 is 1.87 bits per heavy atom. The topological polar surface area (TPSA) is 16.4 Å². The van der Waals surface area contributed by atoms with Gasteiger partial charge in [-0.2, -0.15) is 0 Å². The Hall–Kier alpha value is -7.16. The van der Waals surface area contributed by atoms with Crippen LogP contribution >= 0.6 is 0 Å². The minimum absolute atomic E-state index is 0.127. The van der Waals surface area contributed by atoms with E-state index in [1.54, 1.807) is 0 Å². The number of furan rings is 1. The third-order valence-electron chi connectivity index (χ3n) is 13.6. The number of rotatable bonds is 5. The van der Waals surface area contributed by atoms with Crippen molar-refractivity contribution in [2.75, 3.05) is 4.90 Å². The lowest BCUT2D eigenvalue weighted by Crippen LogP contribution is -2.16. The maximum atomic E-state index is 6.99. The van der Waals surface area contributed by atoms with E-state index in [9.17, 15) is 0 Å². The summed E-state index contributed by atoms with van der Waals surface area (Å²) in [5.41, 5.74) is 20.5. The molecule has 60 heavy (non-hydrogen) atoms. The van der Waals surface area contributed by atoms with Crippen LogP contribution < -0.4 is 4.90 Å². The van der Waals surface area contributed by atoms with Crippen LogP contribution in [0.3, 0.4) is 0 Å². The number of anilines is 3. The van der Waals surface area contributed by atoms with Gasteiger partial charge in [-0.05, 0) is 115 Å². The molecule has 2 aliphatic carbocycles. The molecular formula is C58H43NO. The molecule has 0 N–H and O–H groups in total. The van der Waals surface area contributed by atoms with E-state index in [-0.39, 0.29) is 10.8 Å². The highest BCUT2D eigenvalue weighted by Crippen LogP contribution is 2.57. The fourth-order valence-electron chi connectivity index (χ4n) is 10.9. The molecule has 0 unspecified atom stereocenters. The van der Waals surface area contributed by atoms with E-state index in [1.165, 1.54) is 72.1 Å². The van der Waals surface area contributed by atoms with E-state index < -0.39 is 0 Å². The second-order valence-electron chi connectivity index (χ2n) is 17.6. The van der Waals surface area contributed by atoms with Crippen molar-refractivity contribution in [3.05, 3.63) is 210 Å². The molecule has 1 aromatic heterocycles. The molecule has 0 aliphatic heterocycles. The molecule has 9 aromatic carbocycles. The zero-order chi connectivity index (χ0) is 40.3. The van der Waals surface area contributed by atoms with Gasteiger partial charge in [0.25, 0.3) is 0 Å². The van der Waals surface area contributed by atoms with Crippen molar-refractivity contribution in [2.45, 2.75) is 38.5 Å². The first kappa shape index (κ1) is 34.8. The number of hydrogen-bond acceptors (Lipinski definition) is 2. The van der Waals surface area contributed by atoms with Gasteiger partial charge in [-0.25, -0.2) is 0 Å². The molecule has 1 heterocycles. The van der Waals surface area contributed by atoms with E-state index in [2.05, 4.69) is 221 Å². The molecule has 2 heteroatoms. The SMILES string of the molecule is CC1(C)c2ccccc2-c2ccc(N(c3ccccc3)c3cccc4oc5c6ccccc6c(-c6cccc7c6C(C)(C)c6cccc(-c8ccccc8)c6-7)cc5c34)cc21. The Kier molecular flexibility index (Phi) is 7.36. The molecule has 0 spiro atoms. The summed E-state index contributed by atoms with van der Waals surface area (Å²) in [4.78, 5) is 2.43. The van der Waals surface area contributed by atoms with E-state index in [0.717, 1.165) is 44.4 Å². The van der Waals surface area contributed by atoms with Crippen molar-refractivity contribution >= 4 is 49.8 Å². The van der Waals surface area contributed by atoms with Gasteiger partial charge in [0, 0.05) is 33.0 Å². The average Bonchev–Trinajstić information content (AvgIpc) is 3.87. The van der Waals surface area contributed by atoms with Crippen molar-refractivity contribution in [3.8, 4) is 44.5 Å². The predicted molar refractivity (Wildman–Crippen MR) is 252 cm³/mol. The lowest BCUT2D eigenvalue weighted by molar-refractivity contribution is 0.660. The molecular weight excluding hydrogens is 727 g/mol. The quantitative estimate of drug-likeness (QED) is 0.173. The molecule has 10 aromatic rings. The Balaban J connectivity index is 1.12. The summed E-state index contributed by atoms with van der Waals surface area (Å²) >= 11 is 0. The summed E-state index contributed by atoms with van der Waals surface area (Å²) in [6, 6.07) is 69.1. The first-order chi connectivity index (χ1) is 29.3. The summed E-state index contributed by atoms with van der Waals surface area (Å²) in [6.07, 6.45) is 0. The van der Waals surface area contributed by atoms with Crippen LogP contribution in [0.25, 0.3) is 77.2 Å². The van der Waals surface area contributed by atoms with Gasteiger partial charge >= 0.3 is 0 Å². The van der Waals surface area contributed by atoms with Crippen LogP contribution in [0, 0.1) is 0 Å². The largest absolute Gasteiger partial charge is 0.455 e. The number of para-hydroxylation sites is 1. The van der Waals surface area contributed by atoms with Gasteiger partial charge in [-0.3, -0.25) is 0 Å². The number of fused-ring (bicyclic) bond motifs is 11. The Bertz CT molecular complexity index is 3370. The summed E-state index contributed by atoms with van der Waals surface area (Å²) in [5, 5.41) is 4.52. The molecule has 0 bridgehead atoms. The molecule has 0 saturated heterocycles. The monoisotopic (exact) mass is 769 g/mol. The first-order valence-corrected chi connectivity index (χ1v) is 21.1. The van der Waals surface area contributed by atoms with Crippen molar-refractivity contribution < 1.29 is 4.42 Å². The van der Waals surface area contributed by atoms with Crippen LogP contribution in [0.5, 0.6) is 0 Å². The van der Waals surface area contributed by atoms with Crippen molar-refractivity contribution in [1.82, 2.24) is 0 Å². The number of hydrogen-bond donors (Lipinski definition) is 0. The van der Waals surface area contributed by atoms with Crippen LogP contribution in [-0.4, -0.2) is 0 Å². The van der Waals surface area contributed by atoms with Crippen LogP contribution in [0.2, 0.25) is 0 Å². The average molecular weight is 770 g/mol. The van der Waals surface area contributed by atoms with Crippen molar-refractivity contribution in [1.29, 1.82) is 0 Å². The van der Waals surface area contributed by atoms with Gasteiger partial charge in [0.15, 0.2) is 0 Å². The second-order valence-corrected chi connectivity index (χ2v) is 17.6. The Labute approximate surface area is 351 Å². The summed E-state index contributed by atoms with van der Waals surface area (Å²) < 4.78 is 6.99. The van der Waals surface area contributed by atoms with Gasteiger partial charge in [0.05, 0.1) is 11.1 Å². The lowest BCUT2D eigenvalue weighted by atomic mass is 9.78. The van der Waals surface area contributed by atoms with Gasteiger partial charge in [0.2, 0.25) is 0 Å². The van der Waals surface area contributed by atoms with Crippen LogP contribution in [0.1, 0.15) is 49.9 Å². The summed E-state index contributed by atoms with van der Waals surface area (Å²) in [5.74, 6) is 0. The molecule has 0 atom stereocenters. The second kappa shape index (κ2) is 12.7. The number of nitrogens with zero attached hydrogens (tertiary/aromatic N) is 1. The van der Waals surface area contributed by atoms with Gasteiger partial charge in [-0.15, -0.1) is 0 Å². The summed E-state index contributed by atoms with van der Waals surface area (Å²) in [6.45, 7) is 9.51. The zero-order valence-corrected chi connectivity index (χ0v) is 34.3. The van der Waals surface area contributed by atoms with Crippen LogP contribution in [0.4, 0.5) is 17.1 Å². The Morgan fingerprint density at radius 1 is 0.400 bits per heavy atom. The molecule has 286 valence electrons. The fraction of sp³-hybridized carbons (Fsp3) is 0.103. The highest BCUT2D eigenvalue weighted by molar-refractivity contribution is 6.23. The molecule has 0 amide bonds. The van der Waals surface area contributed by atoms with Gasteiger partial charge < -0.3 is 9.32 Å². The molecule has 2 aliphatic rings. The van der Waals surface area contributed by atoms with Gasteiger partial charge in [-0.1, -0.05) is 173 Å². The molecule has 0 saturated carbocycles. The van der Waals surface area contributed by atoms with Crippen molar-refractivity contribution in [2.24, 2.45) is 0 Å². The molecule has 2 nitrogen and oxygen atoms in total. The van der Waals surface area contributed by atoms with E-state index in [4.69, 9.17) is 4.42 Å². The minimum atomic E-state index is -0.225. The number of benzene rings is 9. The smallest absolute Gasteiger partial charge is 0.143 e. The van der Waals surface area contributed by atoms with E-state index in [0.29, 0.717) is 0 Å². The lowest BCUT2D eigenvalue weighted by Gasteiger charge is -2.28. The zero-order valence-electron chi connectivity index (χ0n) is 34.3. The highest BCUT2D eigenvalue weighted by atomic mass is 16.3. The predicted octanol–water partition coefficient (Wildman–Crippen LogP) is 16.2. The van der Waals surface area contributed by atoms with Crippen LogP contribution in [0.15, 0.2) is 192 Å². The normalized spacial score (nSPS) is 14.3. The molecule has 0 radical (unpaired) electrons. The van der Waals surface area contributed by atoms with Crippen LogP contribution in [-0.2, 0) is 10.8 Å². The maximum Gasteiger partial charge on any atom is 0.143 e. The third kappa shape index (κ3) is 4.82. The maximum absolute atomic E-state index is 6.99. The standard InChI is InChI=1S/C58H43NO/c1-57(2)48-28-14-13-23-41(48)42-33-32-38(34-50(42)57)59(37-20-9-6-10-21-37)51-30-17-31-52-54(51)47-35-46(40-22-11-12-24-44(40)56(47)60-52)43-26-15-27-45-53-39(36-18-7-5-8-19-36)25-16-29-49(53)58(3,4)55(43)45/h5-35H,1-4H3. The van der Waals surface area contributed by atoms with Gasteiger partial charge in [0.1, 0.15) is 11.2 Å². The summed E-state index contributed by atoms with van der Waals surface area (Å²) in [7, 11) is 0. The Morgan fingerprint density at radius 2 is 1.03 bits per heavy atom. The molecule has 0 fully saturated rings. The van der Waals surface area contributed by atoms with E-state index >= 15 is 0 Å². The third-order valence-corrected chi connectivity index (χ3v) is 13.6. The fourth-order valence-corrected chi connectivity index (χ4v) is 10.9. The first-order valence-electron chi connectivity index (χ1n) is 21.1. The highest BCUT2D eigenvalue weighted by Gasteiger charge is 2.40. The van der Waals surface area contributed by atoms with E-state index in [1.807, 2.05) is 0 Å². The minimum Gasteiger partial charge on any atom is -0.455 e. The van der Waals surface area contributed by atoms with Crippen molar-refractivity contribution in [3.63, 3.8) is 0 Å². The molecule has 12 rings (SSSR count).